The molecule has 2 nitrogen and oxygen atoms in total. The second kappa shape index (κ2) is 5.06. The van der Waals surface area contributed by atoms with Gasteiger partial charge in [0.05, 0.1) is 6.54 Å². The van der Waals surface area contributed by atoms with Crippen LogP contribution in [-0.4, -0.2) is 31.3 Å². The molecule has 8 heavy (non-hydrogen) atoms. The van der Waals surface area contributed by atoms with Crippen LogP contribution in [0.25, 0.3) is 0 Å². The standard InChI is InChI=1S/C5H11NO.ClH/c1-5(7)4-6(2)3;/h4H2,1-3H3;1H. The summed E-state index contributed by atoms with van der Waals surface area (Å²) in [6.07, 6.45) is 0. The van der Waals surface area contributed by atoms with E-state index in [1.54, 1.807) is 6.92 Å². The molecule has 0 aromatic carbocycles. The summed E-state index contributed by atoms with van der Waals surface area (Å²) in [7, 11) is 3.75. The number of carbonyl (C=O) groups excluding carboxylic acids is 1. The van der Waals surface area contributed by atoms with Crippen molar-refractivity contribution in [1.82, 2.24) is 4.90 Å². The van der Waals surface area contributed by atoms with Crippen LogP contribution in [0.4, 0.5) is 0 Å². The van der Waals surface area contributed by atoms with Gasteiger partial charge in [-0.15, -0.1) is 12.4 Å². The lowest BCUT2D eigenvalue weighted by atomic mass is 10.4. The molecule has 0 fully saturated rings. The molecule has 0 unspecified atom stereocenters. The summed E-state index contributed by atoms with van der Waals surface area (Å²) >= 11 is 0. The van der Waals surface area contributed by atoms with Crippen LogP contribution >= 0.6 is 12.4 Å². The summed E-state index contributed by atoms with van der Waals surface area (Å²) in [5.41, 5.74) is 0. The molecule has 0 aliphatic carbocycles. The predicted octanol–water partition coefficient (Wildman–Crippen LogP) is 0.559. The molecule has 0 bridgehead atoms. The van der Waals surface area contributed by atoms with E-state index in [9.17, 15) is 4.79 Å². The third kappa shape index (κ3) is 9.33. The van der Waals surface area contributed by atoms with Gasteiger partial charge in [0.2, 0.25) is 0 Å². The van der Waals surface area contributed by atoms with Crippen molar-refractivity contribution < 1.29 is 4.79 Å². The van der Waals surface area contributed by atoms with Crippen LogP contribution in [-0.2, 0) is 4.79 Å². The molecule has 0 aliphatic rings. The predicted molar refractivity (Wildman–Crippen MR) is 36.5 cm³/mol. The zero-order valence-corrected chi connectivity index (χ0v) is 6.29. The van der Waals surface area contributed by atoms with Gasteiger partial charge in [-0.2, -0.15) is 0 Å². The van der Waals surface area contributed by atoms with Gasteiger partial charge in [0.25, 0.3) is 0 Å². The molecule has 3 heteroatoms. The van der Waals surface area contributed by atoms with E-state index in [-0.39, 0.29) is 18.2 Å². The quantitative estimate of drug-likeness (QED) is 0.555. The van der Waals surface area contributed by atoms with Gasteiger partial charge in [0.15, 0.2) is 0 Å². The van der Waals surface area contributed by atoms with Crippen molar-refractivity contribution in [3.63, 3.8) is 0 Å². The van der Waals surface area contributed by atoms with Gasteiger partial charge >= 0.3 is 0 Å². The highest BCUT2D eigenvalue weighted by Gasteiger charge is 1.91. The van der Waals surface area contributed by atoms with Crippen LogP contribution in [0.1, 0.15) is 6.92 Å². The molecular weight excluding hydrogens is 126 g/mol. The van der Waals surface area contributed by atoms with Crippen molar-refractivity contribution in [1.29, 1.82) is 0 Å². The first-order chi connectivity index (χ1) is 3.13. The molecular formula is C5H12ClNO. The lowest BCUT2D eigenvalue weighted by Crippen LogP contribution is -2.18. The number of hydrogen-bond acceptors (Lipinski definition) is 2. The first-order valence-electron chi connectivity index (χ1n) is 2.27. The maximum atomic E-state index is 10.2. The molecule has 0 N–H and O–H groups in total. The normalized spacial score (nSPS) is 8.50. The fraction of sp³-hybridized carbons (Fsp3) is 0.800. The number of rotatable bonds is 2. The van der Waals surface area contributed by atoms with Gasteiger partial charge in [-0.25, -0.2) is 0 Å². The smallest absolute Gasteiger partial charge is 0.143 e. The largest absolute Gasteiger partial charge is 0.302 e. The second-order valence-corrected chi connectivity index (χ2v) is 1.94. The fourth-order valence-corrected chi connectivity index (χ4v) is 0.445. The Morgan fingerprint density at radius 1 is 1.50 bits per heavy atom. The minimum atomic E-state index is 0. The summed E-state index contributed by atoms with van der Waals surface area (Å²) in [6.45, 7) is 2.14. The van der Waals surface area contributed by atoms with Crippen LogP contribution in [0.5, 0.6) is 0 Å². The van der Waals surface area contributed by atoms with Crippen LogP contribution in [0, 0.1) is 0 Å². The molecule has 0 rings (SSSR count). The summed E-state index contributed by atoms with van der Waals surface area (Å²) in [5, 5.41) is 0. The van der Waals surface area contributed by atoms with Crippen molar-refractivity contribution in [2.75, 3.05) is 20.6 Å². The highest BCUT2D eigenvalue weighted by molar-refractivity contribution is 5.85. The topological polar surface area (TPSA) is 20.3 Å². The molecule has 0 heterocycles. The maximum absolute atomic E-state index is 10.2. The molecule has 50 valence electrons. The van der Waals surface area contributed by atoms with Gasteiger partial charge in [-0.05, 0) is 21.0 Å². The van der Waals surface area contributed by atoms with Gasteiger partial charge in [-0.3, -0.25) is 4.79 Å². The fourth-order valence-electron chi connectivity index (χ4n) is 0.445. The van der Waals surface area contributed by atoms with E-state index in [4.69, 9.17) is 0 Å². The van der Waals surface area contributed by atoms with Crippen LogP contribution in [0.3, 0.4) is 0 Å². The number of hydrogen-bond donors (Lipinski definition) is 0. The molecule has 0 amide bonds. The van der Waals surface area contributed by atoms with E-state index in [2.05, 4.69) is 0 Å². The van der Waals surface area contributed by atoms with Crippen molar-refractivity contribution in [3.8, 4) is 0 Å². The number of Topliss-reactive ketones (excluding diaryl/α,β-unsaturated/α-hetero) is 1. The summed E-state index contributed by atoms with van der Waals surface area (Å²) in [6, 6.07) is 0. The van der Waals surface area contributed by atoms with Gasteiger partial charge in [0.1, 0.15) is 5.78 Å². The minimum Gasteiger partial charge on any atom is -0.302 e. The number of nitrogens with zero attached hydrogens (tertiary/aromatic N) is 1. The molecule has 0 aromatic heterocycles. The highest BCUT2D eigenvalue weighted by atomic mass is 35.5. The zero-order chi connectivity index (χ0) is 5.86. The van der Waals surface area contributed by atoms with E-state index in [1.807, 2.05) is 19.0 Å². The molecule has 0 spiro atoms. The van der Waals surface area contributed by atoms with Crippen molar-refractivity contribution in [2.24, 2.45) is 0 Å². The molecule has 0 saturated carbocycles. The Balaban J connectivity index is 0. The molecule has 0 saturated heterocycles. The molecule has 0 radical (unpaired) electrons. The number of likely N-dealkylation sites (N-methyl/N-ethyl adjacent to an activating group) is 1. The summed E-state index contributed by atoms with van der Waals surface area (Å²) in [5.74, 6) is 0.213. The first-order valence-corrected chi connectivity index (χ1v) is 2.27. The van der Waals surface area contributed by atoms with E-state index in [1.165, 1.54) is 0 Å². The van der Waals surface area contributed by atoms with E-state index in [0.29, 0.717) is 6.54 Å². The summed E-state index contributed by atoms with van der Waals surface area (Å²) in [4.78, 5) is 12.1. The van der Waals surface area contributed by atoms with Gasteiger partial charge in [-0.1, -0.05) is 0 Å². The first kappa shape index (κ1) is 10.8. The average molecular weight is 138 g/mol. The molecule has 0 aliphatic heterocycles. The SMILES string of the molecule is CC(=O)CN(C)C.Cl. The Bertz CT molecular complexity index is 72.8. The lowest BCUT2D eigenvalue weighted by Gasteiger charge is -2.03. The monoisotopic (exact) mass is 137 g/mol. The van der Waals surface area contributed by atoms with Crippen molar-refractivity contribution in [3.05, 3.63) is 0 Å². The van der Waals surface area contributed by atoms with Crippen molar-refractivity contribution >= 4 is 18.2 Å². The van der Waals surface area contributed by atoms with Crippen LogP contribution in [0.2, 0.25) is 0 Å². The number of ketones is 1. The average Bonchev–Trinajstić information content (AvgIpc) is 1.27. The zero-order valence-electron chi connectivity index (χ0n) is 5.47. The minimum absolute atomic E-state index is 0. The lowest BCUT2D eigenvalue weighted by molar-refractivity contribution is -0.117. The number of carbonyl (C=O) groups is 1. The second-order valence-electron chi connectivity index (χ2n) is 1.94. The Labute approximate surface area is 56.3 Å². The van der Waals surface area contributed by atoms with Gasteiger partial charge in [0, 0.05) is 0 Å². The highest BCUT2D eigenvalue weighted by Crippen LogP contribution is 1.72. The third-order valence-electron chi connectivity index (χ3n) is 0.539. The van der Waals surface area contributed by atoms with E-state index in [0.717, 1.165) is 0 Å². The van der Waals surface area contributed by atoms with E-state index < -0.39 is 0 Å². The summed E-state index contributed by atoms with van der Waals surface area (Å²) < 4.78 is 0. The molecule has 0 aromatic rings. The van der Waals surface area contributed by atoms with Crippen LogP contribution in [0.15, 0.2) is 0 Å². The Hall–Kier alpha value is -0.0800. The Morgan fingerprint density at radius 3 is 1.88 bits per heavy atom. The van der Waals surface area contributed by atoms with Crippen molar-refractivity contribution in [2.45, 2.75) is 6.92 Å². The van der Waals surface area contributed by atoms with Gasteiger partial charge < -0.3 is 4.90 Å². The van der Waals surface area contributed by atoms with Crippen LogP contribution < -0.4 is 0 Å². The number of halogens is 1. The third-order valence-corrected chi connectivity index (χ3v) is 0.539. The molecule has 0 atom stereocenters. The van der Waals surface area contributed by atoms with E-state index >= 15 is 0 Å². The Kier molecular flexibility index (Phi) is 6.85. The maximum Gasteiger partial charge on any atom is 0.143 e. The Morgan fingerprint density at radius 2 is 1.88 bits per heavy atom.